The molecule has 37 heavy (non-hydrogen) atoms. The van der Waals surface area contributed by atoms with Crippen LogP contribution in [0.1, 0.15) is 80.1 Å². The molecule has 9 heteroatoms. The Kier molecular flexibility index (Phi) is 9.57. The number of hydrogen-bond acceptors (Lipinski definition) is 6. The molecule has 2 amide bonds. The van der Waals surface area contributed by atoms with E-state index in [-0.39, 0.29) is 47.0 Å². The molecule has 3 rings (SSSR count). The predicted molar refractivity (Wildman–Crippen MR) is 147 cm³/mol. The van der Waals surface area contributed by atoms with Crippen molar-refractivity contribution in [3.63, 3.8) is 0 Å². The minimum atomic E-state index is -1.86. The summed E-state index contributed by atoms with van der Waals surface area (Å²) in [5, 5.41) is 6.17. The van der Waals surface area contributed by atoms with Crippen molar-refractivity contribution >= 4 is 20.3 Å². The first-order chi connectivity index (χ1) is 17.1. The zero-order chi connectivity index (χ0) is 27.5. The number of hydrogen-bond donors (Lipinski definition) is 2. The van der Waals surface area contributed by atoms with E-state index in [0.29, 0.717) is 12.5 Å². The Morgan fingerprint density at radius 1 is 1.16 bits per heavy atom. The minimum absolute atomic E-state index is 0.0673. The summed E-state index contributed by atoms with van der Waals surface area (Å²) in [7, 11) is -1.86. The molecule has 0 aromatic carbocycles. The van der Waals surface area contributed by atoms with Crippen LogP contribution in [0.3, 0.4) is 0 Å². The lowest BCUT2D eigenvalue weighted by Gasteiger charge is -2.39. The van der Waals surface area contributed by atoms with E-state index < -0.39 is 14.4 Å². The molecule has 1 spiro atoms. The Morgan fingerprint density at radius 2 is 1.81 bits per heavy atom. The molecule has 8 nitrogen and oxygen atoms in total. The third-order valence-electron chi connectivity index (χ3n) is 8.32. The van der Waals surface area contributed by atoms with Crippen molar-refractivity contribution < 1.29 is 28.2 Å². The summed E-state index contributed by atoms with van der Waals surface area (Å²) >= 11 is 0. The van der Waals surface area contributed by atoms with Crippen LogP contribution in [-0.2, 0) is 23.4 Å². The van der Waals surface area contributed by atoms with Crippen molar-refractivity contribution in [2.45, 2.75) is 128 Å². The fourth-order valence-electron chi connectivity index (χ4n) is 5.32. The van der Waals surface area contributed by atoms with Crippen molar-refractivity contribution in [2.75, 3.05) is 19.8 Å². The topological polar surface area (TPSA) is 98.4 Å². The van der Waals surface area contributed by atoms with Gasteiger partial charge in [0, 0.05) is 31.5 Å². The molecule has 0 aromatic rings. The average molecular weight is 539 g/mol. The fraction of sp³-hybridized carbons (Fsp3) is 0.857. The highest BCUT2D eigenvalue weighted by molar-refractivity contribution is 6.74. The van der Waals surface area contributed by atoms with Crippen LogP contribution in [-0.4, -0.2) is 69.5 Å². The Balaban J connectivity index is 1.29. The van der Waals surface area contributed by atoms with E-state index in [1.807, 2.05) is 13.0 Å². The van der Waals surface area contributed by atoms with Gasteiger partial charge in [-0.3, -0.25) is 4.79 Å². The Labute approximate surface area is 224 Å². The van der Waals surface area contributed by atoms with Crippen molar-refractivity contribution in [1.82, 2.24) is 10.6 Å². The normalized spacial score (nSPS) is 30.6. The second-order valence-electron chi connectivity index (χ2n) is 13.5. The van der Waals surface area contributed by atoms with Crippen molar-refractivity contribution in [2.24, 2.45) is 5.92 Å². The van der Waals surface area contributed by atoms with Gasteiger partial charge in [0.2, 0.25) is 5.91 Å². The van der Waals surface area contributed by atoms with Crippen LogP contribution >= 0.6 is 0 Å². The maximum atomic E-state index is 12.4. The Morgan fingerprint density at radius 3 is 2.41 bits per heavy atom. The van der Waals surface area contributed by atoms with Crippen LogP contribution in [0, 0.1) is 5.92 Å². The van der Waals surface area contributed by atoms with Crippen molar-refractivity contribution in [1.29, 1.82) is 0 Å². The molecule has 212 valence electrons. The van der Waals surface area contributed by atoms with Crippen LogP contribution in [0.4, 0.5) is 4.79 Å². The molecule has 2 N–H and O–H groups in total. The SMILES string of the molecule is C[C@@H](/C=C\C(=O)NC1CCC(CNC(=O)OC[C@@H]2C[C@]3(CO3)CC(C)(C)O2)CC1)O[Si](C)(C)C(C)(C)C. The first kappa shape index (κ1) is 30.1. The number of alkyl carbamates (subject to hydrolysis) is 1. The molecule has 3 aliphatic rings. The van der Waals surface area contributed by atoms with E-state index in [2.05, 4.69) is 58.3 Å². The highest BCUT2D eigenvalue weighted by atomic mass is 28.4. The van der Waals surface area contributed by atoms with Gasteiger partial charge in [0.25, 0.3) is 0 Å². The molecule has 1 saturated carbocycles. The quantitative estimate of drug-likeness (QED) is 0.241. The van der Waals surface area contributed by atoms with E-state index in [9.17, 15) is 9.59 Å². The molecule has 0 radical (unpaired) electrons. The molecule has 0 bridgehead atoms. The average Bonchev–Trinajstić information content (AvgIpc) is 3.51. The number of epoxide rings is 1. The van der Waals surface area contributed by atoms with E-state index in [1.165, 1.54) is 0 Å². The number of carbonyl (C=O) groups is 2. The number of carbonyl (C=O) groups excluding carboxylic acids is 2. The third kappa shape index (κ3) is 9.37. The maximum Gasteiger partial charge on any atom is 0.407 e. The second kappa shape index (κ2) is 11.8. The highest BCUT2D eigenvalue weighted by Crippen LogP contribution is 2.45. The predicted octanol–water partition coefficient (Wildman–Crippen LogP) is 5.08. The van der Waals surface area contributed by atoms with Gasteiger partial charge in [0.15, 0.2) is 8.32 Å². The van der Waals surface area contributed by atoms with Crippen molar-refractivity contribution in [3.8, 4) is 0 Å². The summed E-state index contributed by atoms with van der Waals surface area (Å²) in [4.78, 5) is 24.7. The summed E-state index contributed by atoms with van der Waals surface area (Å²) in [6.07, 6.45) is 8.23. The highest BCUT2D eigenvalue weighted by Gasteiger charge is 2.54. The van der Waals surface area contributed by atoms with E-state index in [0.717, 1.165) is 45.1 Å². The summed E-state index contributed by atoms with van der Waals surface area (Å²) in [6, 6.07) is 0.167. The Bertz CT molecular complexity index is 819. The van der Waals surface area contributed by atoms with Gasteiger partial charge in [-0.05, 0) is 70.5 Å². The minimum Gasteiger partial charge on any atom is -0.447 e. The molecule has 2 heterocycles. The lowest BCUT2D eigenvalue weighted by Crippen LogP contribution is -2.46. The van der Waals surface area contributed by atoms with Crippen LogP contribution in [0.25, 0.3) is 0 Å². The van der Waals surface area contributed by atoms with Crippen LogP contribution < -0.4 is 10.6 Å². The summed E-state index contributed by atoms with van der Waals surface area (Å²) in [5.41, 5.74) is -0.341. The summed E-state index contributed by atoms with van der Waals surface area (Å²) in [5.74, 6) is 0.324. The lowest BCUT2D eigenvalue weighted by atomic mass is 9.86. The first-order valence-electron chi connectivity index (χ1n) is 14.0. The number of amides is 2. The molecular formula is C28H50N2O6Si. The smallest absolute Gasteiger partial charge is 0.407 e. The molecule has 3 fully saturated rings. The molecule has 2 saturated heterocycles. The molecule has 1 aliphatic carbocycles. The van der Waals surface area contributed by atoms with Gasteiger partial charge < -0.3 is 29.3 Å². The number of rotatable bonds is 9. The monoisotopic (exact) mass is 538 g/mol. The molecular weight excluding hydrogens is 488 g/mol. The number of ether oxygens (including phenoxy) is 3. The Hall–Kier alpha value is -1.42. The van der Waals surface area contributed by atoms with Gasteiger partial charge in [-0.25, -0.2) is 4.79 Å². The van der Waals surface area contributed by atoms with Gasteiger partial charge in [0.05, 0.1) is 30.0 Å². The molecule has 2 aliphatic heterocycles. The largest absolute Gasteiger partial charge is 0.447 e. The number of nitrogens with one attached hydrogen (secondary N) is 2. The molecule has 3 atom stereocenters. The lowest BCUT2D eigenvalue weighted by molar-refractivity contribution is -0.144. The van der Waals surface area contributed by atoms with Crippen LogP contribution in [0.2, 0.25) is 18.1 Å². The summed E-state index contributed by atoms with van der Waals surface area (Å²) < 4.78 is 23.5. The zero-order valence-electron chi connectivity index (χ0n) is 24.3. The van der Waals surface area contributed by atoms with E-state index >= 15 is 0 Å². The molecule has 0 unspecified atom stereocenters. The van der Waals surface area contributed by atoms with E-state index in [1.54, 1.807) is 6.08 Å². The van der Waals surface area contributed by atoms with Gasteiger partial charge >= 0.3 is 6.09 Å². The zero-order valence-corrected chi connectivity index (χ0v) is 25.3. The van der Waals surface area contributed by atoms with Gasteiger partial charge in [-0.1, -0.05) is 26.8 Å². The van der Waals surface area contributed by atoms with Crippen LogP contribution in [0.15, 0.2) is 12.2 Å². The standard InChI is InChI=1S/C28H50N2O6Si/c1-20(36-37(7,8)26(2,3)4)9-14-24(31)30-22-12-10-21(11-13-22)16-29-25(32)33-17-23-15-28(19-34-28)18-27(5,6)35-23/h9,14,20-23H,10-13,15-19H2,1-8H3,(H,29,32)(H,30,31)/b14-9-/t20-,21?,22?,23-,28+/m0/s1. The van der Waals surface area contributed by atoms with Gasteiger partial charge in [0.1, 0.15) is 6.61 Å². The maximum absolute atomic E-state index is 12.4. The van der Waals surface area contributed by atoms with Gasteiger partial charge in [-0.15, -0.1) is 0 Å². The summed E-state index contributed by atoms with van der Waals surface area (Å²) in [6.45, 7) is 18.8. The second-order valence-corrected chi connectivity index (χ2v) is 18.3. The molecule has 0 aromatic heterocycles. The van der Waals surface area contributed by atoms with Crippen LogP contribution in [0.5, 0.6) is 0 Å². The fourth-order valence-corrected chi connectivity index (χ4v) is 6.69. The first-order valence-corrected chi connectivity index (χ1v) is 16.9. The van der Waals surface area contributed by atoms with Crippen molar-refractivity contribution in [3.05, 3.63) is 12.2 Å². The van der Waals surface area contributed by atoms with E-state index in [4.69, 9.17) is 18.6 Å². The third-order valence-corrected chi connectivity index (χ3v) is 12.9. The van der Waals surface area contributed by atoms with Gasteiger partial charge in [-0.2, -0.15) is 0 Å².